The highest BCUT2D eigenvalue weighted by molar-refractivity contribution is 14.0. The van der Waals surface area contributed by atoms with Crippen molar-refractivity contribution in [3.63, 3.8) is 0 Å². The van der Waals surface area contributed by atoms with Gasteiger partial charge in [-0.15, -0.1) is 24.0 Å². The van der Waals surface area contributed by atoms with Crippen molar-refractivity contribution in [3.05, 3.63) is 71.2 Å². The minimum atomic E-state index is 0. The smallest absolute Gasteiger partial charge is 0.191 e. The summed E-state index contributed by atoms with van der Waals surface area (Å²) in [6.07, 6.45) is 7.31. The highest BCUT2D eigenvalue weighted by Crippen LogP contribution is 2.15. The maximum absolute atomic E-state index is 4.76. The van der Waals surface area contributed by atoms with E-state index in [1.54, 1.807) is 0 Å². The van der Waals surface area contributed by atoms with Crippen LogP contribution in [0.4, 0.5) is 0 Å². The van der Waals surface area contributed by atoms with E-state index in [-0.39, 0.29) is 24.0 Å². The van der Waals surface area contributed by atoms with Crippen molar-refractivity contribution in [2.45, 2.75) is 45.7 Å². The lowest BCUT2D eigenvalue weighted by atomic mass is 10.0. The fraction of sp³-hybridized carbons (Fsp3) is 0.440. The van der Waals surface area contributed by atoms with Crippen LogP contribution in [0.25, 0.3) is 5.65 Å². The van der Waals surface area contributed by atoms with Gasteiger partial charge in [-0.25, -0.2) is 4.98 Å². The van der Waals surface area contributed by atoms with Gasteiger partial charge >= 0.3 is 0 Å². The van der Waals surface area contributed by atoms with Gasteiger partial charge in [0.1, 0.15) is 5.65 Å². The van der Waals surface area contributed by atoms with Crippen LogP contribution in [0, 0.1) is 13.8 Å². The number of guanidine groups is 1. The van der Waals surface area contributed by atoms with Gasteiger partial charge in [0.15, 0.2) is 5.96 Å². The molecule has 32 heavy (non-hydrogen) atoms. The van der Waals surface area contributed by atoms with Crippen LogP contribution < -0.4 is 10.6 Å². The summed E-state index contributed by atoms with van der Waals surface area (Å²) in [5, 5.41) is 7.07. The number of rotatable bonds is 6. The number of halogens is 1. The highest BCUT2D eigenvalue weighted by Gasteiger charge is 2.20. The Bertz CT molecular complexity index is 1040. The molecule has 7 heteroatoms. The zero-order valence-corrected chi connectivity index (χ0v) is 21.7. The van der Waals surface area contributed by atoms with E-state index in [9.17, 15) is 0 Å². The maximum Gasteiger partial charge on any atom is 0.191 e. The van der Waals surface area contributed by atoms with Crippen molar-refractivity contribution >= 4 is 35.6 Å². The predicted octanol–water partition coefficient (Wildman–Crippen LogP) is 3.94. The van der Waals surface area contributed by atoms with E-state index in [0.29, 0.717) is 6.04 Å². The molecule has 2 N–H and O–H groups in total. The van der Waals surface area contributed by atoms with E-state index in [1.165, 1.54) is 16.7 Å². The molecule has 3 heterocycles. The molecule has 1 aromatic carbocycles. The lowest BCUT2D eigenvalue weighted by Gasteiger charge is -2.33. The van der Waals surface area contributed by atoms with Gasteiger partial charge in [-0.2, -0.15) is 0 Å². The Balaban J connectivity index is 0.00000289. The second-order valence-electron chi connectivity index (χ2n) is 8.59. The summed E-state index contributed by atoms with van der Waals surface area (Å²) in [5.74, 6) is 0.886. The molecule has 0 bridgehead atoms. The Morgan fingerprint density at radius 3 is 2.69 bits per heavy atom. The zero-order chi connectivity index (χ0) is 21.6. The number of aliphatic imine (C=N–C) groups is 1. The van der Waals surface area contributed by atoms with Crippen molar-refractivity contribution in [2.24, 2.45) is 4.99 Å². The number of imidazole rings is 1. The normalized spacial score (nSPS) is 15.5. The molecule has 1 saturated heterocycles. The molecular formula is C25H35IN6. The molecular weight excluding hydrogens is 511 g/mol. The van der Waals surface area contributed by atoms with Crippen molar-refractivity contribution in [1.82, 2.24) is 24.9 Å². The topological polar surface area (TPSA) is 57.0 Å². The van der Waals surface area contributed by atoms with Crippen LogP contribution >= 0.6 is 24.0 Å². The van der Waals surface area contributed by atoms with Gasteiger partial charge < -0.3 is 15.0 Å². The van der Waals surface area contributed by atoms with Gasteiger partial charge in [0, 0.05) is 58.1 Å². The number of pyridine rings is 1. The number of nitrogens with zero attached hydrogens (tertiary/aromatic N) is 4. The average Bonchev–Trinajstić information content (AvgIpc) is 3.19. The number of nitrogens with one attached hydrogen (secondary N) is 2. The van der Waals surface area contributed by atoms with Gasteiger partial charge in [0.2, 0.25) is 0 Å². The lowest BCUT2D eigenvalue weighted by molar-refractivity contribution is 0.198. The van der Waals surface area contributed by atoms with Gasteiger partial charge in [-0.1, -0.05) is 35.9 Å². The van der Waals surface area contributed by atoms with Crippen molar-refractivity contribution in [3.8, 4) is 0 Å². The number of fused-ring (bicyclic) bond motifs is 1. The molecule has 1 aliphatic heterocycles. The standard InChI is InChI=1S/C25H34N6.HI/c1-19-6-4-8-21(16-19)17-30-14-10-22(11-15-30)29-25(26-3)27-12-9-23-18-31-13-5-7-20(2)24(31)28-23;/h4-8,13,16,18,22H,9-12,14-15,17H2,1-3H3,(H2,26,27,29);1H. The first kappa shape index (κ1) is 24.5. The number of aryl methyl sites for hydroxylation is 2. The zero-order valence-electron chi connectivity index (χ0n) is 19.3. The van der Waals surface area contributed by atoms with E-state index in [1.807, 2.05) is 7.05 Å². The minimum Gasteiger partial charge on any atom is -0.356 e. The second-order valence-corrected chi connectivity index (χ2v) is 8.59. The summed E-state index contributed by atoms with van der Waals surface area (Å²) in [7, 11) is 1.84. The van der Waals surface area contributed by atoms with Crippen LogP contribution in [0.3, 0.4) is 0 Å². The lowest BCUT2D eigenvalue weighted by Crippen LogP contribution is -2.48. The molecule has 0 aliphatic carbocycles. The van der Waals surface area contributed by atoms with Gasteiger partial charge in [0.25, 0.3) is 0 Å². The SMILES string of the molecule is CN=C(NCCc1cn2cccc(C)c2n1)NC1CCN(Cc2cccc(C)c2)CC1.I. The van der Waals surface area contributed by atoms with Crippen molar-refractivity contribution in [2.75, 3.05) is 26.7 Å². The Kier molecular flexibility index (Phi) is 8.92. The molecule has 1 aliphatic rings. The molecule has 0 atom stereocenters. The number of benzene rings is 1. The fourth-order valence-electron chi connectivity index (χ4n) is 4.33. The third-order valence-corrected chi connectivity index (χ3v) is 6.04. The van der Waals surface area contributed by atoms with Crippen molar-refractivity contribution < 1.29 is 0 Å². The van der Waals surface area contributed by atoms with Gasteiger partial charge in [0.05, 0.1) is 5.69 Å². The van der Waals surface area contributed by atoms with E-state index in [4.69, 9.17) is 4.98 Å². The molecule has 172 valence electrons. The molecule has 4 rings (SSSR count). The summed E-state index contributed by atoms with van der Waals surface area (Å²) in [6, 6.07) is 13.5. The van der Waals surface area contributed by atoms with Crippen molar-refractivity contribution in [1.29, 1.82) is 0 Å². The molecule has 0 spiro atoms. The Labute approximate surface area is 208 Å². The average molecular weight is 547 g/mol. The number of hydrogen-bond acceptors (Lipinski definition) is 3. The molecule has 0 radical (unpaired) electrons. The Morgan fingerprint density at radius 2 is 1.97 bits per heavy atom. The number of aromatic nitrogens is 2. The summed E-state index contributed by atoms with van der Waals surface area (Å²) in [4.78, 5) is 11.7. The predicted molar refractivity (Wildman–Crippen MR) is 143 cm³/mol. The summed E-state index contributed by atoms with van der Waals surface area (Å²) in [6.45, 7) is 8.34. The summed E-state index contributed by atoms with van der Waals surface area (Å²) < 4.78 is 2.10. The Hall–Kier alpha value is -2.13. The minimum absolute atomic E-state index is 0. The molecule has 6 nitrogen and oxygen atoms in total. The largest absolute Gasteiger partial charge is 0.356 e. The molecule has 3 aromatic rings. The summed E-state index contributed by atoms with van der Waals surface area (Å²) in [5.41, 5.74) is 6.08. The van der Waals surface area contributed by atoms with E-state index >= 15 is 0 Å². The molecule has 0 amide bonds. The first-order valence-electron chi connectivity index (χ1n) is 11.3. The van der Waals surface area contributed by atoms with E-state index in [2.05, 4.69) is 87.6 Å². The molecule has 0 saturated carbocycles. The summed E-state index contributed by atoms with van der Waals surface area (Å²) >= 11 is 0. The van der Waals surface area contributed by atoms with E-state index < -0.39 is 0 Å². The number of piperidine rings is 1. The van der Waals surface area contributed by atoms with Gasteiger partial charge in [-0.3, -0.25) is 9.89 Å². The monoisotopic (exact) mass is 546 g/mol. The molecule has 2 aromatic heterocycles. The molecule has 0 unspecified atom stereocenters. The third-order valence-electron chi connectivity index (χ3n) is 6.04. The fourth-order valence-corrected chi connectivity index (χ4v) is 4.33. The molecule has 1 fully saturated rings. The second kappa shape index (κ2) is 11.7. The van der Waals surface area contributed by atoms with Crippen LogP contribution in [-0.2, 0) is 13.0 Å². The quantitative estimate of drug-likeness (QED) is 0.280. The van der Waals surface area contributed by atoms with E-state index in [0.717, 1.165) is 62.7 Å². The Morgan fingerprint density at radius 1 is 1.16 bits per heavy atom. The number of hydrogen-bond donors (Lipinski definition) is 2. The maximum atomic E-state index is 4.76. The van der Waals surface area contributed by atoms with Crippen LogP contribution in [0.5, 0.6) is 0 Å². The van der Waals surface area contributed by atoms with Crippen LogP contribution in [0.1, 0.15) is 35.2 Å². The number of likely N-dealkylation sites (tertiary alicyclic amines) is 1. The first-order valence-corrected chi connectivity index (χ1v) is 11.3. The van der Waals surface area contributed by atoms with Crippen LogP contribution in [-0.4, -0.2) is 53.0 Å². The highest BCUT2D eigenvalue weighted by atomic mass is 127. The van der Waals surface area contributed by atoms with Crippen LogP contribution in [0.2, 0.25) is 0 Å². The first-order chi connectivity index (χ1) is 15.1. The van der Waals surface area contributed by atoms with Crippen LogP contribution in [0.15, 0.2) is 53.8 Å². The third kappa shape index (κ3) is 6.45. The van der Waals surface area contributed by atoms with Gasteiger partial charge in [-0.05, 0) is 43.9 Å².